The third-order valence-electron chi connectivity index (χ3n) is 4.30. The maximum atomic E-state index is 12.3. The van der Waals surface area contributed by atoms with Crippen molar-refractivity contribution in [3.8, 4) is 0 Å². The van der Waals surface area contributed by atoms with Crippen LogP contribution in [0, 0.1) is 5.92 Å². The number of nitrogens with zero attached hydrogens (tertiary/aromatic N) is 2. The van der Waals surface area contributed by atoms with Crippen molar-refractivity contribution in [2.24, 2.45) is 11.7 Å². The van der Waals surface area contributed by atoms with Crippen LogP contribution in [0.4, 0.5) is 5.69 Å². The van der Waals surface area contributed by atoms with Gasteiger partial charge in [0.25, 0.3) is 11.8 Å². The Kier molecular flexibility index (Phi) is 5.27. The number of anilines is 1. The molecule has 0 spiro atoms. The quantitative estimate of drug-likeness (QED) is 0.656. The first-order chi connectivity index (χ1) is 12.8. The number of carbonyl (C=O) groups is 3. The lowest BCUT2D eigenvalue weighted by atomic mass is 9.99. The molecule has 2 heterocycles. The van der Waals surface area contributed by atoms with Crippen molar-refractivity contribution in [1.29, 1.82) is 0 Å². The van der Waals surface area contributed by atoms with Gasteiger partial charge in [-0.1, -0.05) is 11.6 Å². The lowest BCUT2D eigenvalue weighted by Crippen LogP contribution is -2.53. The summed E-state index contributed by atoms with van der Waals surface area (Å²) in [5.74, 6) is -0.957. The number of hydrogen-bond donors (Lipinski definition) is 3. The number of aromatic nitrogens is 1. The van der Waals surface area contributed by atoms with Crippen LogP contribution in [-0.2, 0) is 0 Å². The molecule has 1 saturated heterocycles. The Balaban J connectivity index is 1.48. The summed E-state index contributed by atoms with van der Waals surface area (Å²) < 4.78 is 0. The Labute approximate surface area is 160 Å². The molecule has 1 aromatic heterocycles. The zero-order chi connectivity index (χ0) is 19.6. The van der Waals surface area contributed by atoms with Gasteiger partial charge in [0, 0.05) is 37.4 Å². The van der Waals surface area contributed by atoms with Gasteiger partial charge in [-0.15, -0.1) is 0 Å². The number of pyridine rings is 1. The number of benzene rings is 1. The zero-order valence-electron chi connectivity index (χ0n) is 14.3. The summed E-state index contributed by atoms with van der Waals surface area (Å²) in [6.07, 6.45) is 1.28. The molecule has 0 saturated carbocycles. The molecule has 1 aliphatic rings. The largest absolute Gasteiger partial charge is 0.399 e. The van der Waals surface area contributed by atoms with Gasteiger partial charge in [0.15, 0.2) is 0 Å². The van der Waals surface area contributed by atoms with Gasteiger partial charge in [-0.2, -0.15) is 0 Å². The molecule has 9 heteroatoms. The summed E-state index contributed by atoms with van der Waals surface area (Å²) in [4.78, 5) is 41.1. The van der Waals surface area contributed by atoms with Crippen LogP contribution in [-0.4, -0.2) is 47.2 Å². The van der Waals surface area contributed by atoms with Crippen molar-refractivity contribution in [2.75, 3.05) is 25.4 Å². The Morgan fingerprint density at radius 2 is 1.96 bits per heavy atom. The van der Waals surface area contributed by atoms with Crippen LogP contribution in [0.5, 0.6) is 0 Å². The minimum atomic E-state index is -0.595. The van der Waals surface area contributed by atoms with Crippen molar-refractivity contribution in [2.45, 2.75) is 0 Å². The van der Waals surface area contributed by atoms with Gasteiger partial charge in [0.1, 0.15) is 5.69 Å². The molecule has 0 aliphatic carbocycles. The highest BCUT2D eigenvalue weighted by Crippen LogP contribution is 2.20. The average molecular weight is 388 g/mol. The number of hydrogen-bond acceptors (Lipinski definition) is 5. The summed E-state index contributed by atoms with van der Waals surface area (Å²) in [5, 5.41) is 3.11. The van der Waals surface area contributed by atoms with Gasteiger partial charge in [-0.05, 0) is 30.3 Å². The third-order valence-corrected chi connectivity index (χ3v) is 4.61. The van der Waals surface area contributed by atoms with E-state index in [0.29, 0.717) is 35.9 Å². The fraction of sp³-hybridized carbons (Fsp3) is 0.222. The normalized spacial score (nSPS) is 13.7. The van der Waals surface area contributed by atoms with Gasteiger partial charge >= 0.3 is 0 Å². The topological polar surface area (TPSA) is 131 Å². The highest BCUT2D eigenvalue weighted by Gasteiger charge is 2.32. The number of halogens is 1. The lowest BCUT2D eigenvalue weighted by Gasteiger charge is -2.39. The van der Waals surface area contributed by atoms with Crippen LogP contribution in [0.15, 0.2) is 36.5 Å². The summed E-state index contributed by atoms with van der Waals surface area (Å²) >= 11 is 6.02. The van der Waals surface area contributed by atoms with E-state index in [2.05, 4.69) is 10.3 Å². The first-order valence-electron chi connectivity index (χ1n) is 8.23. The van der Waals surface area contributed by atoms with Gasteiger partial charge in [-0.3, -0.25) is 19.4 Å². The number of nitrogens with two attached hydrogens (primary N) is 2. The monoisotopic (exact) mass is 387 g/mol. The first kappa shape index (κ1) is 18.7. The average Bonchev–Trinajstić information content (AvgIpc) is 2.60. The maximum Gasteiger partial charge on any atom is 0.272 e. The molecule has 1 fully saturated rings. The third kappa shape index (κ3) is 4.17. The summed E-state index contributed by atoms with van der Waals surface area (Å²) in [6.45, 7) is 1.44. The van der Waals surface area contributed by atoms with E-state index in [1.54, 1.807) is 17.0 Å². The molecular formula is C18H18ClN5O3. The zero-order valence-corrected chi connectivity index (χ0v) is 15.1. The minimum absolute atomic E-state index is 0.148. The van der Waals surface area contributed by atoms with Gasteiger partial charge < -0.3 is 21.7 Å². The van der Waals surface area contributed by atoms with Crippen molar-refractivity contribution < 1.29 is 14.4 Å². The molecule has 27 heavy (non-hydrogen) atoms. The fourth-order valence-corrected chi connectivity index (χ4v) is 3.02. The Hall–Kier alpha value is -3.13. The molecule has 140 valence electrons. The number of primary amides is 1. The highest BCUT2D eigenvalue weighted by molar-refractivity contribution is 6.34. The van der Waals surface area contributed by atoms with Crippen LogP contribution >= 0.6 is 11.6 Å². The molecule has 1 aromatic carbocycles. The van der Waals surface area contributed by atoms with Gasteiger partial charge in [0.2, 0.25) is 5.91 Å². The number of carbonyl (C=O) groups excluding carboxylic acids is 3. The van der Waals surface area contributed by atoms with E-state index >= 15 is 0 Å². The van der Waals surface area contributed by atoms with E-state index in [1.165, 1.54) is 24.4 Å². The lowest BCUT2D eigenvalue weighted by molar-refractivity contribution is 0.0491. The smallest absolute Gasteiger partial charge is 0.272 e. The summed E-state index contributed by atoms with van der Waals surface area (Å²) in [6, 6.07) is 7.65. The second-order valence-corrected chi connectivity index (χ2v) is 6.73. The SMILES string of the molecule is NC(=O)c1ccc(C(=O)N2CC(CNC(=O)c3ccc(N)cc3Cl)C2)nc1. The second kappa shape index (κ2) is 7.63. The number of nitrogen functional groups attached to an aromatic ring is 1. The van der Waals surface area contributed by atoms with Crippen LogP contribution in [0.2, 0.25) is 5.02 Å². The van der Waals surface area contributed by atoms with E-state index < -0.39 is 5.91 Å². The highest BCUT2D eigenvalue weighted by atomic mass is 35.5. The molecule has 0 atom stereocenters. The van der Waals surface area contributed by atoms with Crippen molar-refractivity contribution in [3.05, 3.63) is 58.4 Å². The van der Waals surface area contributed by atoms with E-state index in [4.69, 9.17) is 23.1 Å². The van der Waals surface area contributed by atoms with Crippen molar-refractivity contribution >= 4 is 35.0 Å². The van der Waals surface area contributed by atoms with Crippen molar-refractivity contribution in [3.63, 3.8) is 0 Å². The minimum Gasteiger partial charge on any atom is -0.399 e. The Bertz CT molecular complexity index is 894. The number of nitrogens with one attached hydrogen (secondary N) is 1. The van der Waals surface area contributed by atoms with Crippen LogP contribution in [0.3, 0.4) is 0 Å². The number of amides is 3. The number of likely N-dealkylation sites (tertiary alicyclic amines) is 1. The molecule has 1 aliphatic heterocycles. The molecule has 0 radical (unpaired) electrons. The van der Waals surface area contributed by atoms with Gasteiger partial charge in [0.05, 0.1) is 16.1 Å². The maximum absolute atomic E-state index is 12.3. The Morgan fingerprint density at radius 1 is 1.22 bits per heavy atom. The Morgan fingerprint density at radius 3 is 2.56 bits per heavy atom. The van der Waals surface area contributed by atoms with E-state index in [9.17, 15) is 14.4 Å². The van der Waals surface area contributed by atoms with E-state index in [1.807, 2.05) is 0 Å². The summed E-state index contributed by atoms with van der Waals surface area (Å²) in [5.41, 5.74) is 12.1. The predicted molar refractivity (Wildman–Crippen MR) is 100 cm³/mol. The fourth-order valence-electron chi connectivity index (χ4n) is 2.74. The second-order valence-electron chi connectivity index (χ2n) is 6.32. The molecule has 5 N–H and O–H groups in total. The first-order valence-corrected chi connectivity index (χ1v) is 8.61. The van der Waals surface area contributed by atoms with Gasteiger partial charge in [-0.25, -0.2) is 0 Å². The van der Waals surface area contributed by atoms with E-state index in [-0.39, 0.29) is 29.0 Å². The summed E-state index contributed by atoms with van der Waals surface area (Å²) in [7, 11) is 0. The van der Waals surface area contributed by atoms with Crippen LogP contribution < -0.4 is 16.8 Å². The molecule has 0 unspecified atom stereocenters. The van der Waals surface area contributed by atoms with Crippen LogP contribution in [0.1, 0.15) is 31.2 Å². The molecular weight excluding hydrogens is 370 g/mol. The van der Waals surface area contributed by atoms with E-state index in [0.717, 1.165) is 0 Å². The molecule has 0 bridgehead atoms. The molecule has 8 nitrogen and oxygen atoms in total. The molecule has 2 aromatic rings. The predicted octanol–water partition coefficient (Wildman–Crippen LogP) is 0.918. The van der Waals surface area contributed by atoms with Crippen molar-refractivity contribution in [1.82, 2.24) is 15.2 Å². The van der Waals surface area contributed by atoms with Crippen LogP contribution in [0.25, 0.3) is 0 Å². The molecule has 3 amide bonds. The standard InChI is InChI=1S/C18H18ClN5O3/c19-14-5-12(20)2-3-13(14)17(26)23-6-10-8-24(9-10)18(27)15-4-1-11(7-22-15)16(21)25/h1-5,7,10H,6,8-9,20H2,(H2,21,25)(H,23,26). The molecule has 3 rings (SSSR count). The number of rotatable bonds is 5.